The van der Waals surface area contributed by atoms with Crippen molar-refractivity contribution < 1.29 is 4.79 Å². The number of hydrogen-bond acceptors (Lipinski definition) is 5. The molecule has 1 unspecified atom stereocenters. The summed E-state index contributed by atoms with van der Waals surface area (Å²) in [6, 6.07) is 17.8. The molecule has 7 heteroatoms. The van der Waals surface area contributed by atoms with Gasteiger partial charge >= 0.3 is 0 Å². The molecule has 4 rings (SSSR count). The van der Waals surface area contributed by atoms with Crippen LogP contribution in [0.1, 0.15) is 25.8 Å². The van der Waals surface area contributed by atoms with E-state index in [0.717, 1.165) is 45.6 Å². The third-order valence-electron chi connectivity index (χ3n) is 6.28. The number of thioether (sulfide) groups is 1. The third-order valence-corrected chi connectivity index (χ3v) is 7.36. The van der Waals surface area contributed by atoms with Crippen LogP contribution in [-0.2, 0) is 17.8 Å². The second-order valence-electron chi connectivity index (χ2n) is 8.48. The number of likely N-dealkylation sites (N-methyl/N-ethyl adjacent to an activating group) is 1. The molecule has 2 heterocycles. The van der Waals surface area contributed by atoms with Gasteiger partial charge in [0.15, 0.2) is 5.16 Å². The van der Waals surface area contributed by atoms with E-state index in [0.29, 0.717) is 22.6 Å². The van der Waals surface area contributed by atoms with Gasteiger partial charge < -0.3 is 9.80 Å². The fourth-order valence-electron chi connectivity index (χ4n) is 4.27. The predicted octanol–water partition coefficient (Wildman–Crippen LogP) is 3.67. The first kappa shape index (κ1) is 23.5. The van der Waals surface area contributed by atoms with Gasteiger partial charge in [-0.25, -0.2) is 4.98 Å². The van der Waals surface area contributed by atoms with Gasteiger partial charge in [0.1, 0.15) is 0 Å². The van der Waals surface area contributed by atoms with Gasteiger partial charge in [-0.1, -0.05) is 61.2 Å². The lowest BCUT2D eigenvalue weighted by atomic mass is 10.1. The Bertz CT molecular complexity index is 1140. The van der Waals surface area contributed by atoms with Crippen molar-refractivity contribution >= 4 is 28.6 Å². The molecule has 0 spiro atoms. The zero-order valence-electron chi connectivity index (χ0n) is 19.4. The van der Waals surface area contributed by atoms with Crippen molar-refractivity contribution in [3.8, 4) is 0 Å². The number of carbonyl (C=O) groups excluding carboxylic acids is 1. The molecule has 1 aliphatic heterocycles. The number of carbonyl (C=O) groups is 1. The summed E-state index contributed by atoms with van der Waals surface area (Å²) in [5.74, 6) is 0.119. The van der Waals surface area contributed by atoms with E-state index < -0.39 is 0 Å². The Morgan fingerprint density at radius 3 is 2.45 bits per heavy atom. The molecule has 0 N–H and O–H groups in total. The maximum absolute atomic E-state index is 13.3. The minimum Gasteiger partial charge on any atom is -0.339 e. The summed E-state index contributed by atoms with van der Waals surface area (Å²) in [5, 5.41) is 0.947. The summed E-state index contributed by atoms with van der Waals surface area (Å²) >= 11 is 1.40. The highest BCUT2D eigenvalue weighted by Crippen LogP contribution is 2.25. The van der Waals surface area contributed by atoms with Crippen LogP contribution in [0, 0.1) is 0 Å². The second kappa shape index (κ2) is 11.0. The van der Waals surface area contributed by atoms with Crippen LogP contribution in [0.15, 0.2) is 64.5 Å². The van der Waals surface area contributed by atoms with E-state index in [9.17, 15) is 9.59 Å². The Hall–Kier alpha value is -2.64. The van der Waals surface area contributed by atoms with Crippen LogP contribution in [0.5, 0.6) is 0 Å². The van der Waals surface area contributed by atoms with Crippen LogP contribution in [-0.4, -0.2) is 63.2 Å². The van der Waals surface area contributed by atoms with Gasteiger partial charge in [0.2, 0.25) is 5.91 Å². The van der Waals surface area contributed by atoms with Crippen LogP contribution in [0.3, 0.4) is 0 Å². The van der Waals surface area contributed by atoms with Gasteiger partial charge in [-0.2, -0.15) is 0 Å². The standard InChI is InChI=1S/C26H32N4O2S/c1-3-28-16-18-29(19-17-28)24(31)20(2)33-26-27-23-14-8-7-13-22(23)25(32)30(26)15-9-12-21-10-5-4-6-11-21/h4-8,10-11,13-14,20H,3,9,12,15-19H2,1-2H3. The molecule has 3 aromatic rings. The highest BCUT2D eigenvalue weighted by Gasteiger charge is 2.26. The SMILES string of the molecule is CCN1CCN(C(=O)C(C)Sc2nc3ccccc3c(=O)n2CCCc2ccccc2)CC1. The number of benzene rings is 2. The number of hydrogen-bond donors (Lipinski definition) is 0. The smallest absolute Gasteiger partial charge is 0.262 e. The summed E-state index contributed by atoms with van der Waals surface area (Å²) < 4.78 is 1.76. The van der Waals surface area contributed by atoms with E-state index in [4.69, 9.17) is 4.98 Å². The Balaban J connectivity index is 1.53. The van der Waals surface area contributed by atoms with Gasteiger partial charge in [-0.05, 0) is 44.0 Å². The fraction of sp³-hybridized carbons (Fsp3) is 0.423. The molecule has 2 aromatic carbocycles. The molecule has 1 amide bonds. The van der Waals surface area contributed by atoms with Gasteiger partial charge in [-0.3, -0.25) is 14.2 Å². The van der Waals surface area contributed by atoms with Crippen molar-refractivity contribution in [3.05, 3.63) is 70.5 Å². The summed E-state index contributed by atoms with van der Waals surface area (Å²) in [4.78, 5) is 35.6. The normalized spacial score (nSPS) is 15.6. The molecule has 1 saturated heterocycles. The van der Waals surface area contributed by atoms with E-state index in [-0.39, 0.29) is 16.7 Å². The topological polar surface area (TPSA) is 58.4 Å². The van der Waals surface area contributed by atoms with Crippen LogP contribution >= 0.6 is 11.8 Å². The molecular formula is C26H32N4O2S. The molecule has 0 radical (unpaired) electrons. The Labute approximate surface area is 199 Å². The number of nitrogens with zero attached hydrogens (tertiary/aromatic N) is 4. The van der Waals surface area contributed by atoms with Crippen molar-refractivity contribution in [2.24, 2.45) is 0 Å². The number of piperazine rings is 1. The Morgan fingerprint density at radius 1 is 1.03 bits per heavy atom. The number of amides is 1. The summed E-state index contributed by atoms with van der Waals surface area (Å²) in [5.41, 5.74) is 1.90. The summed E-state index contributed by atoms with van der Waals surface area (Å²) in [6.07, 6.45) is 1.72. The Morgan fingerprint density at radius 2 is 1.73 bits per heavy atom. The molecule has 1 aromatic heterocycles. The molecule has 6 nitrogen and oxygen atoms in total. The molecule has 0 aliphatic carbocycles. The summed E-state index contributed by atoms with van der Waals surface area (Å²) in [6.45, 7) is 9.01. The third kappa shape index (κ3) is 5.65. The van der Waals surface area contributed by atoms with E-state index in [1.165, 1.54) is 17.3 Å². The van der Waals surface area contributed by atoms with E-state index in [2.05, 4.69) is 24.0 Å². The van der Waals surface area contributed by atoms with Gasteiger partial charge in [-0.15, -0.1) is 0 Å². The second-order valence-corrected chi connectivity index (χ2v) is 9.79. The van der Waals surface area contributed by atoms with Gasteiger partial charge in [0.25, 0.3) is 5.56 Å². The first-order valence-electron chi connectivity index (χ1n) is 11.8. The zero-order valence-corrected chi connectivity index (χ0v) is 20.3. The first-order chi connectivity index (χ1) is 16.1. The maximum Gasteiger partial charge on any atom is 0.262 e. The molecular weight excluding hydrogens is 432 g/mol. The minimum atomic E-state index is -0.299. The lowest BCUT2D eigenvalue weighted by Crippen LogP contribution is -2.50. The molecule has 33 heavy (non-hydrogen) atoms. The van der Waals surface area contributed by atoms with E-state index in [1.54, 1.807) is 4.57 Å². The highest BCUT2D eigenvalue weighted by molar-refractivity contribution is 8.00. The molecule has 1 atom stereocenters. The van der Waals surface area contributed by atoms with Gasteiger partial charge in [0.05, 0.1) is 16.2 Å². The van der Waals surface area contributed by atoms with Crippen LogP contribution in [0.2, 0.25) is 0 Å². The van der Waals surface area contributed by atoms with Crippen molar-refractivity contribution in [2.75, 3.05) is 32.7 Å². The number of aromatic nitrogens is 2. The predicted molar refractivity (Wildman–Crippen MR) is 135 cm³/mol. The van der Waals surface area contributed by atoms with Crippen LogP contribution < -0.4 is 5.56 Å². The average Bonchev–Trinajstić information content (AvgIpc) is 2.86. The minimum absolute atomic E-state index is 0.0348. The first-order valence-corrected chi connectivity index (χ1v) is 12.7. The van der Waals surface area contributed by atoms with E-state index in [1.807, 2.05) is 54.3 Å². The number of para-hydroxylation sites is 1. The number of fused-ring (bicyclic) bond motifs is 1. The fourth-order valence-corrected chi connectivity index (χ4v) is 5.29. The van der Waals surface area contributed by atoms with Crippen molar-refractivity contribution in [1.29, 1.82) is 0 Å². The highest BCUT2D eigenvalue weighted by atomic mass is 32.2. The monoisotopic (exact) mass is 464 g/mol. The number of aryl methyl sites for hydroxylation is 1. The largest absolute Gasteiger partial charge is 0.339 e. The molecule has 0 saturated carbocycles. The lowest BCUT2D eigenvalue weighted by molar-refractivity contribution is -0.132. The van der Waals surface area contributed by atoms with Crippen molar-refractivity contribution in [2.45, 2.75) is 43.6 Å². The van der Waals surface area contributed by atoms with Crippen LogP contribution in [0.25, 0.3) is 10.9 Å². The van der Waals surface area contributed by atoms with Crippen molar-refractivity contribution in [1.82, 2.24) is 19.4 Å². The van der Waals surface area contributed by atoms with Gasteiger partial charge in [0, 0.05) is 32.7 Å². The molecule has 174 valence electrons. The molecule has 0 bridgehead atoms. The molecule has 1 aliphatic rings. The molecule has 1 fully saturated rings. The Kier molecular flexibility index (Phi) is 7.83. The maximum atomic E-state index is 13.3. The average molecular weight is 465 g/mol. The number of rotatable bonds is 8. The summed E-state index contributed by atoms with van der Waals surface area (Å²) in [7, 11) is 0. The lowest BCUT2D eigenvalue weighted by Gasteiger charge is -2.35. The van der Waals surface area contributed by atoms with Crippen molar-refractivity contribution in [3.63, 3.8) is 0 Å². The quantitative estimate of drug-likeness (QED) is 0.376. The van der Waals surface area contributed by atoms with E-state index >= 15 is 0 Å². The zero-order chi connectivity index (χ0) is 23.2. The van der Waals surface area contributed by atoms with Crippen LogP contribution in [0.4, 0.5) is 0 Å².